The van der Waals surface area contributed by atoms with Crippen LogP contribution in [0.3, 0.4) is 0 Å². The molecule has 1 heterocycles. The van der Waals surface area contributed by atoms with Crippen LogP contribution in [0.5, 0.6) is 5.75 Å². The van der Waals surface area contributed by atoms with Crippen molar-refractivity contribution in [2.24, 2.45) is 5.73 Å². The summed E-state index contributed by atoms with van der Waals surface area (Å²) in [5, 5.41) is 2.30. The van der Waals surface area contributed by atoms with E-state index in [-0.39, 0.29) is 24.6 Å². The molecule has 0 bridgehead atoms. The molecule has 1 fully saturated rings. The van der Waals surface area contributed by atoms with E-state index in [1.54, 1.807) is 25.3 Å². The Morgan fingerprint density at radius 2 is 1.91 bits per heavy atom. The maximum absolute atomic E-state index is 14.0. The fourth-order valence-corrected chi connectivity index (χ4v) is 4.44. The highest BCUT2D eigenvalue weighted by molar-refractivity contribution is 5.87. The zero-order chi connectivity index (χ0) is 23.9. The van der Waals surface area contributed by atoms with Crippen molar-refractivity contribution in [2.45, 2.75) is 31.6 Å². The second kappa shape index (κ2) is 11.4. The van der Waals surface area contributed by atoms with E-state index in [1.165, 1.54) is 17.0 Å². The lowest BCUT2D eigenvalue weighted by atomic mass is 9.94. The molecule has 0 spiro atoms. The third-order valence-corrected chi connectivity index (χ3v) is 6.17. The maximum Gasteiger partial charge on any atom is 0.231 e. The number of carbonyl (C=O) groups excluding carboxylic acids is 1. The number of rotatable bonds is 10. The van der Waals surface area contributed by atoms with Crippen LogP contribution in [0.1, 0.15) is 29.9 Å². The number of hydrogen-bond donors (Lipinski definition) is 1. The third kappa shape index (κ3) is 6.11. The molecule has 0 atom stereocenters. The minimum absolute atomic E-state index is 0.0780. The van der Waals surface area contributed by atoms with Crippen molar-refractivity contribution >= 4 is 16.7 Å². The van der Waals surface area contributed by atoms with Crippen LogP contribution in [-0.4, -0.2) is 50.5 Å². The molecular weight excluding hydrogens is 435 g/mol. The number of nitrogens with zero attached hydrogens (tertiary/aromatic N) is 1. The number of hydrogen-bond acceptors (Lipinski definition) is 5. The zero-order valence-electron chi connectivity index (χ0n) is 19.4. The lowest BCUT2D eigenvalue weighted by Crippen LogP contribution is -2.35. The van der Waals surface area contributed by atoms with Gasteiger partial charge in [0.15, 0.2) is 6.29 Å². The Morgan fingerprint density at radius 1 is 1.12 bits per heavy atom. The lowest BCUT2D eigenvalue weighted by Gasteiger charge is -2.31. The van der Waals surface area contributed by atoms with Crippen LogP contribution in [0.4, 0.5) is 4.39 Å². The minimum Gasteiger partial charge on any atom is -0.497 e. The normalized spacial score (nSPS) is 18.3. The zero-order valence-corrected chi connectivity index (χ0v) is 19.4. The molecule has 7 heteroatoms. The molecule has 1 aliphatic rings. The van der Waals surface area contributed by atoms with E-state index < -0.39 is 5.91 Å². The van der Waals surface area contributed by atoms with Crippen molar-refractivity contribution in [1.29, 1.82) is 0 Å². The van der Waals surface area contributed by atoms with Gasteiger partial charge in [0.2, 0.25) is 5.91 Å². The fourth-order valence-electron chi connectivity index (χ4n) is 4.44. The van der Waals surface area contributed by atoms with Crippen LogP contribution in [0.15, 0.2) is 60.7 Å². The van der Waals surface area contributed by atoms with Crippen LogP contribution in [-0.2, 0) is 20.8 Å². The second-order valence-electron chi connectivity index (χ2n) is 8.64. The number of methoxy groups -OCH3 is 1. The summed E-state index contributed by atoms with van der Waals surface area (Å²) < 4.78 is 31.4. The van der Waals surface area contributed by atoms with E-state index in [0.717, 1.165) is 17.6 Å². The molecule has 6 nitrogen and oxygen atoms in total. The maximum atomic E-state index is 14.0. The average Bonchev–Trinajstić information content (AvgIpc) is 2.84. The van der Waals surface area contributed by atoms with Gasteiger partial charge < -0.3 is 19.9 Å². The number of primary amides is 1. The Bertz CT molecular complexity index is 1110. The van der Waals surface area contributed by atoms with Gasteiger partial charge in [-0.05, 0) is 53.9 Å². The molecule has 0 saturated carbocycles. The monoisotopic (exact) mass is 466 g/mol. The number of amides is 1. The molecule has 1 saturated heterocycles. The van der Waals surface area contributed by atoms with E-state index in [4.69, 9.17) is 19.9 Å². The average molecular weight is 467 g/mol. The summed E-state index contributed by atoms with van der Waals surface area (Å²) in [6.07, 6.45) is 1.13. The molecule has 34 heavy (non-hydrogen) atoms. The Balaban J connectivity index is 1.29. The molecular formula is C27H31FN2O4. The quantitative estimate of drug-likeness (QED) is 0.485. The summed E-state index contributed by atoms with van der Waals surface area (Å²) >= 11 is 0. The molecule has 0 aliphatic carbocycles. The van der Waals surface area contributed by atoms with Gasteiger partial charge in [0.05, 0.1) is 26.9 Å². The first-order valence-electron chi connectivity index (χ1n) is 11.6. The topological polar surface area (TPSA) is 74.0 Å². The molecule has 0 aromatic heterocycles. The molecule has 1 amide bonds. The summed E-state index contributed by atoms with van der Waals surface area (Å²) in [7, 11) is 1.67. The molecule has 0 radical (unpaired) electrons. The SMILES string of the molecule is COc1ccc2c(C3COC(CCCN(CC(N)=O)Cc4ccccc4F)OC3)cccc2c1. The number of carbonyl (C=O) groups is 1. The first-order chi connectivity index (χ1) is 16.5. The van der Waals surface area contributed by atoms with Crippen molar-refractivity contribution in [2.75, 3.05) is 33.4 Å². The Hall–Kier alpha value is -3.00. The van der Waals surface area contributed by atoms with Crippen molar-refractivity contribution < 1.29 is 23.4 Å². The predicted molar refractivity (Wildman–Crippen MR) is 129 cm³/mol. The minimum atomic E-state index is -0.433. The van der Waals surface area contributed by atoms with E-state index in [1.807, 2.05) is 23.1 Å². The number of nitrogens with two attached hydrogens (primary N) is 1. The van der Waals surface area contributed by atoms with Gasteiger partial charge in [0, 0.05) is 18.0 Å². The van der Waals surface area contributed by atoms with Crippen LogP contribution in [0.2, 0.25) is 0 Å². The van der Waals surface area contributed by atoms with Gasteiger partial charge in [-0.25, -0.2) is 4.39 Å². The molecule has 0 unspecified atom stereocenters. The Kier molecular flexibility index (Phi) is 8.11. The van der Waals surface area contributed by atoms with Crippen molar-refractivity contribution in [1.82, 2.24) is 4.90 Å². The van der Waals surface area contributed by atoms with Gasteiger partial charge in [-0.1, -0.05) is 42.5 Å². The molecule has 2 N–H and O–H groups in total. The highest BCUT2D eigenvalue weighted by atomic mass is 19.1. The third-order valence-electron chi connectivity index (χ3n) is 6.17. The van der Waals surface area contributed by atoms with Gasteiger partial charge in [-0.2, -0.15) is 0 Å². The van der Waals surface area contributed by atoms with Crippen LogP contribution < -0.4 is 10.5 Å². The van der Waals surface area contributed by atoms with Gasteiger partial charge in [0.25, 0.3) is 0 Å². The van der Waals surface area contributed by atoms with Gasteiger partial charge in [-0.3, -0.25) is 9.69 Å². The number of fused-ring (bicyclic) bond motifs is 1. The van der Waals surface area contributed by atoms with Crippen molar-refractivity contribution in [3.63, 3.8) is 0 Å². The van der Waals surface area contributed by atoms with Gasteiger partial charge >= 0.3 is 0 Å². The molecule has 180 valence electrons. The van der Waals surface area contributed by atoms with E-state index in [0.29, 0.717) is 38.3 Å². The van der Waals surface area contributed by atoms with Crippen molar-refractivity contribution in [3.05, 3.63) is 77.6 Å². The highest BCUT2D eigenvalue weighted by Crippen LogP contribution is 2.31. The number of halogens is 1. The highest BCUT2D eigenvalue weighted by Gasteiger charge is 2.25. The molecule has 3 aromatic carbocycles. The standard InChI is InChI=1S/C27H31FN2O4/c1-32-22-11-12-24-19(14-22)7-4-8-23(24)21-17-33-27(34-18-21)10-5-13-30(16-26(29)31)15-20-6-2-3-9-25(20)28/h2-4,6-9,11-12,14,21,27H,5,10,13,15-18H2,1H3,(H2,29,31). The summed E-state index contributed by atoms with van der Waals surface area (Å²) in [4.78, 5) is 13.3. The Morgan fingerprint density at radius 3 is 2.65 bits per heavy atom. The fraction of sp³-hybridized carbons (Fsp3) is 0.370. The second-order valence-corrected chi connectivity index (χ2v) is 8.64. The van der Waals surface area contributed by atoms with E-state index >= 15 is 0 Å². The summed E-state index contributed by atoms with van der Waals surface area (Å²) in [6, 6.07) is 18.9. The van der Waals surface area contributed by atoms with Gasteiger partial charge in [-0.15, -0.1) is 0 Å². The summed E-state index contributed by atoms with van der Waals surface area (Å²) in [5.41, 5.74) is 7.15. The molecule has 4 rings (SSSR count). The number of ether oxygens (including phenoxy) is 3. The smallest absolute Gasteiger partial charge is 0.231 e. The molecule has 3 aromatic rings. The van der Waals surface area contributed by atoms with E-state index in [2.05, 4.69) is 18.2 Å². The van der Waals surface area contributed by atoms with Crippen molar-refractivity contribution in [3.8, 4) is 5.75 Å². The van der Waals surface area contributed by atoms with Crippen LogP contribution in [0, 0.1) is 5.82 Å². The first-order valence-corrected chi connectivity index (χ1v) is 11.6. The van der Waals surface area contributed by atoms with Crippen LogP contribution >= 0.6 is 0 Å². The Labute approximate surface area is 199 Å². The lowest BCUT2D eigenvalue weighted by molar-refractivity contribution is -0.190. The summed E-state index contributed by atoms with van der Waals surface area (Å²) in [6.45, 7) is 2.16. The van der Waals surface area contributed by atoms with E-state index in [9.17, 15) is 9.18 Å². The predicted octanol–water partition coefficient (Wildman–Crippen LogP) is 4.21. The molecule has 1 aliphatic heterocycles. The first kappa shape index (κ1) is 24.1. The summed E-state index contributed by atoms with van der Waals surface area (Å²) in [5.74, 6) is 0.271. The largest absolute Gasteiger partial charge is 0.497 e. The van der Waals surface area contributed by atoms with Crippen LogP contribution in [0.25, 0.3) is 10.8 Å². The van der Waals surface area contributed by atoms with Gasteiger partial charge in [0.1, 0.15) is 11.6 Å². The number of benzene rings is 3.